The lowest BCUT2D eigenvalue weighted by atomic mass is 9.85. The molecule has 0 spiro atoms. The number of carbonyl (C=O) groups excluding carboxylic acids is 2. The highest BCUT2D eigenvalue weighted by Crippen LogP contribution is 2.53. The molecule has 2 aromatic carbocycles. The second kappa shape index (κ2) is 5.63. The van der Waals surface area contributed by atoms with E-state index in [-0.39, 0.29) is 45.3 Å². The Kier molecular flexibility index (Phi) is 3.43. The maximum atomic E-state index is 12.8. The first-order chi connectivity index (χ1) is 13.0. The van der Waals surface area contributed by atoms with E-state index in [4.69, 9.17) is 0 Å². The van der Waals surface area contributed by atoms with Crippen LogP contribution in [-0.2, 0) is 19.4 Å². The van der Waals surface area contributed by atoms with E-state index in [9.17, 15) is 18.0 Å². The van der Waals surface area contributed by atoms with Crippen molar-refractivity contribution in [3.8, 4) is 0 Å². The van der Waals surface area contributed by atoms with E-state index in [1.54, 1.807) is 42.5 Å². The van der Waals surface area contributed by atoms with Gasteiger partial charge >= 0.3 is 0 Å². The molecular weight excluding hydrogens is 362 g/mol. The van der Waals surface area contributed by atoms with Crippen molar-refractivity contribution in [3.63, 3.8) is 0 Å². The highest BCUT2D eigenvalue weighted by Gasteiger charge is 2.59. The Hall–Kier alpha value is -2.73. The normalized spacial score (nSPS) is 28.8. The number of rotatable bonds is 3. The largest absolute Gasteiger partial charge is 0.274 e. The fraction of sp³-hybridized carbons (Fsp3) is 0.238. The summed E-state index contributed by atoms with van der Waals surface area (Å²) in [7, 11) is -3.63. The molecule has 136 valence electrons. The molecular formula is C21H17NO4S. The Morgan fingerprint density at radius 2 is 1.26 bits per heavy atom. The van der Waals surface area contributed by atoms with E-state index < -0.39 is 9.84 Å². The van der Waals surface area contributed by atoms with Crippen LogP contribution in [0, 0.1) is 23.7 Å². The minimum absolute atomic E-state index is 0.137. The van der Waals surface area contributed by atoms with Crippen LogP contribution in [0.2, 0.25) is 0 Å². The quantitative estimate of drug-likeness (QED) is 0.607. The number of benzene rings is 2. The molecule has 4 atom stereocenters. The molecule has 1 heterocycles. The molecule has 2 aliphatic carbocycles. The predicted octanol–water partition coefficient (Wildman–Crippen LogP) is 2.83. The van der Waals surface area contributed by atoms with Gasteiger partial charge in [-0.05, 0) is 54.7 Å². The molecule has 3 aliphatic rings. The SMILES string of the molecule is O=C1[C@@H]2[C@H](C(=O)N1c1ccc(S(=O)(=O)c3ccccc3)cc1)[C@@H]1C=C[C@H]2C1. The zero-order valence-electron chi connectivity index (χ0n) is 14.4. The Morgan fingerprint density at radius 1 is 0.741 bits per heavy atom. The third-order valence-corrected chi connectivity index (χ3v) is 7.71. The number of nitrogens with zero attached hydrogens (tertiary/aromatic N) is 1. The standard InChI is InChI=1S/C21H17NO4S/c23-20-18-13-6-7-14(12-13)19(18)21(24)22(20)15-8-10-17(11-9-15)27(25,26)16-4-2-1-3-5-16/h1-11,13-14,18-19H,12H2/t13-,14+,18-,19+. The molecule has 27 heavy (non-hydrogen) atoms. The summed E-state index contributed by atoms with van der Waals surface area (Å²) in [5.41, 5.74) is 0.436. The van der Waals surface area contributed by atoms with E-state index in [1.807, 2.05) is 0 Å². The Morgan fingerprint density at radius 3 is 1.81 bits per heavy atom. The molecule has 5 rings (SSSR count). The molecule has 2 fully saturated rings. The molecule has 2 bridgehead atoms. The first-order valence-corrected chi connectivity index (χ1v) is 10.4. The lowest BCUT2D eigenvalue weighted by Crippen LogP contribution is -2.32. The third kappa shape index (κ3) is 2.26. The van der Waals surface area contributed by atoms with E-state index in [0.717, 1.165) is 6.42 Å². The van der Waals surface area contributed by atoms with Gasteiger partial charge in [-0.15, -0.1) is 0 Å². The third-order valence-electron chi connectivity index (χ3n) is 5.93. The number of imide groups is 1. The van der Waals surface area contributed by atoms with Crippen molar-refractivity contribution in [2.75, 3.05) is 4.90 Å². The van der Waals surface area contributed by atoms with Gasteiger partial charge in [-0.2, -0.15) is 0 Å². The molecule has 1 saturated carbocycles. The average molecular weight is 379 g/mol. The average Bonchev–Trinajstić information content (AvgIpc) is 3.36. The summed E-state index contributed by atoms with van der Waals surface area (Å²) in [4.78, 5) is 27.3. The van der Waals surface area contributed by atoms with Crippen molar-refractivity contribution in [2.45, 2.75) is 16.2 Å². The number of sulfone groups is 1. The Bertz CT molecular complexity index is 1040. The fourth-order valence-corrected chi connectivity index (χ4v) is 5.95. The number of allylic oxidation sites excluding steroid dienone is 2. The summed E-state index contributed by atoms with van der Waals surface area (Å²) < 4.78 is 25.4. The van der Waals surface area contributed by atoms with E-state index >= 15 is 0 Å². The minimum Gasteiger partial charge on any atom is -0.274 e. The van der Waals surface area contributed by atoms with Crippen LogP contribution in [0.4, 0.5) is 5.69 Å². The number of carbonyl (C=O) groups is 2. The summed E-state index contributed by atoms with van der Waals surface area (Å²) >= 11 is 0. The summed E-state index contributed by atoms with van der Waals surface area (Å²) in [6.45, 7) is 0. The van der Waals surface area contributed by atoms with Crippen LogP contribution < -0.4 is 4.90 Å². The summed E-state index contributed by atoms with van der Waals surface area (Å²) in [6.07, 6.45) is 4.99. The van der Waals surface area contributed by atoms with Crippen LogP contribution in [0.1, 0.15) is 6.42 Å². The molecule has 0 N–H and O–H groups in total. The zero-order valence-corrected chi connectivity index (χ0v) is 15.2. The fourth-order valence-electron chi connectivity index (χ4n) is 4.67. The van der Waals surface area contributed by atoms with Crippen LogP contribution >= 0.6 is 0 Å². The molecule has 6 heteroatoms. The van der Waals surface area contributed by atoms with Gasteiger partial charge in [0, 0.05) is 0 Å². The lowest BCUT2D eigenvalue weighted by molar-refractivity contribution is -0.123. The van der Waals surface area contributed by atoms with E-state index in [2.05, 4.69) is 12.2 Å². The van der Waals surface area contributed by atoms with Gasteiger partial charge < -0.3 is 0 Å². The molecule has 5 nitrogen and oxygen atoms in total. The molecule has 0 radical (unpaired) electrons. The van der Waals surface area contributed by atoms with Crippen molar-refractivity contribution < 1.29 is 18.0 Å². The Labute approximate surface area is 157 Å². The minimum atomic E-state index is -3.63. The van der Waals surface area contributed by atoms with Crippen LogP contribution in [0.3, 0.4) is 0 Å². The summed E-state index contributed by atoms with van der Waals surface area (Å²) in [5.74, 6) is -0.556. The van der Waals surface area contributed by atoms with Crippen LogP contribution in [-0.4, -0.2) is 20.2 Å². The number of hydrogen-bond donors (Lipinski definition) is 0. The van der Waals surface area contributed by atoms with Gasteiger partial charge in [-0.3, -0.25) is 14.5 Å². The van der Waals surface area contributed by atoms with Crippen molar-refractivity contribution in [1.82, 2.24) is 0 Å². The van der Waals surface area contributed by atoms with Gasteiger partial charge in [0.15, 0.2) is 0 Å². The van der Waals surface area contributed by atoms with Crippen molar-refractivity contribution in [2.24, 2.45) is 23.7 Å². The first-order valence-electron chi connectivity index (χ1n) is 8.95. The van der Waals surface area contributed by atoms with Crippen molar-refractivity contribution >= 4 is 27.3 Å². The smallest absolute Gasteiger partial charge is 0.238 e. The molecule has 1 saturated heterocycles. The van der Waals surface area contributed by atoms with Crippen molar-refractivity contribution in [3.05, 3.63) is 66.7 Å². The molecule has 2 amide bonds. The van der Waals surface area contributed by atoms with Crippen LogP contribution in [0.5, 0.6) is 0 Å². The second-order valence-electron chi connectivity index (χ2n) is 7.32. The highest BCUT2D eigenvalue weighted by molar-refractivity contribution is 7.91. The van der Waals surface area contributed by atoms with E-state index in [1.165, 1.54) is 17.0 Å². The first kappa shape index (κ1) is 16.4. The second-order valence-corrected chi connectivity index (χ2v) is 9.27. The van der Waals surface area contributed by atoms with Gasteiger partial charge in [0.05, 0.1) is 27.3 Å². The zero-order chi connectivity index (χ0) is 18.8. The van der Waals surface area contributed by atoms with E-state index in [0.29, 0.717) is 5.69 Å². The molecule has 0 aromatic heterocycles. The maximum Gasteiger partial charge on any atom is 0.238 e. The van der Waals surface area contributed by atoms with Gasteiger partial charge in [-0.1, -0.05) is 30.4 Å². The molecule has 1 aliphatic heterocycles. The summed E-state index contributed by atoms with van der Waals surface area (Å²) in [5, 5.41) is 0. The van der Waals surface area contributed by atoms with Crippen LogP contribution in [0.25, 0.3) is 0 Å². The number of hydrogen-bond acceptors (Lipinski definition) is 4. The Balaban J connectivity index is 1.47. The van der Waals surface area contributed by atoms with Gasteiger partial charge in [-0.25, -0.2) is 8.42 Å². The van der Waals surface area contributed by atoms with Crippen molar-refractivity contribution in [1.29, 1.82) is 0 Å². The number of anilines is 1. The predicted molar refractivity (Wildman–Crippen MR) is 98.5 cm³/mol. The number of amides is 2. The molecule has 0 unspecified atom stereocenters. The highest BCUT2D eigenvalue weighted by atomic mass is 32.2. The van der Waals surface area contributed by atoms with Gasteiger partial charge in [0.2, 0.25) is 21.7 Å². The number of fused-ring (bicyclic) bond motifs is 5. The maximum absolute atomic E-state index is 12.8. The topological polar surface area (TPSA) is 71.5 Å². The molecule has 2 aromatic rings. The monoisotopic (exact) mass is 379 g/mol. The van der Waals surface area contributed by atoms with Gasteiger partial charge in [0.25, 0.3) is 0 Å². The van der Waals surface area contributed by atoms with Gasteiger partial charge in [0.1, 0.15) is 0 Å². The summed E-state index contributed by atoms with van der Waals surface area (Å²) in [6, 6.07) is 14.2. The van der Waals surface area contributed by atoms with Crippen LogP contribution in [0.15, 0.2) is 76.5 Å². The lowest BCUT2D eigenvalue weighted by Gasteiger charge is -2.17.